The fraction of sp³-hybridized carbons (Fsp3) is 0.240. The molecule has 0 aliphatic carbocycles. The molecule has 4 rings (SSSR count). The monoisotopic (exact) mass is 444 g/mol. The van der Waals surface area contributed by atoms with Crippen LogP contribution in [0.3, 0.4) is 0 Å². The zero-order chi connectivity index (χ0) is 22.3. The van der Waals surface area contributed by atoms with E-state index < -0.39 is 0 Å². The Balaban J connectivity index is 1.24. The van der Waals surface area contributed by atoms with Crippen molar-refractivity contribution >= 4 is 28.8 Å². The van der Waals surface area contributed by atoms with Crippen molar-refractivity contribution in [3.63, 3.8) is 0 Å². The maximum absolute atomic E-state index is 12.6. The summed E-state index contributed by atoms with van der Waals surface area (Å²) in [4.78, 5) is 27.6. The van der Waals surface area contributed by atoms with Gasteiger partial charge in [0.1, 0.15) is 0 Å². The third-order valence-corrected chi connectivity index (χ3v) is 6.47. The van der Waals surface area contributed by atoms with Crippen molar-refractivity contribution in [2.45, 2.75) is 25.4 Å². The first-order chi connectivity index (χ1) is 15.6. The van der Waals surface area contributed by atoms with Crippen LogP contribution in [0, 0.1) is 11.3 Å². The summed E-state index contributed by atoms with van der Waals surface area (Å²) in [5.41, 5.74) is 3.33. The second-order valence-electron chi connectivity index (χ2n) is 7.75. The number of anilines is 1. The third-order valence-electron chi connectivity index (χ3n) is 5.61. The summed E-state index contributed by atoms with van der Waals surface area (Å²) in [5.74, 6) is -0.162. The summed E-state index contributed by atoms with van der Waals surface area (Å²) in [6, 6.07) is 20.9. The SMILES string of the molecule is N#Cc1ccc(N2CCC(NC(=O)c3ccc(CNC(=O)c4cccs4)cc3)CC2)cc1. The Morgan fingerprint density at radius 3 is 2.34 bits per heavy atom. The van der Waals surface area contributed by atoms with Gasteiger partial charge in [0.25, 0.3) is 11.8 Å². The van der Waals surface area contributed by atoms with Crippen LogP contribution in [0.2, 0.25) is 0 Å². The van der Waals surface area contributed by atoms with E-state index in [1.54, 1.807) is 18.2 Å². The molecular formula is C25H24N4O2S. The molecule has 1 fully saturated rings. The lowest BCUT2D eigenvalue weighted by Crippen LogP contribution is -2.44. The molecule has 0 unspecified atom stereocenters. The molecule has 1 aromatic heterocycles. The molecule has 6 nitrogen and oxygen atoms in total. The Morgan fingerprint density at radius 2 is 1.72 bits per heavy atom. The van der Waals surface area contributed by atoms with Crippen LogP contribution in [-0.4, -0.2) is 30.9 Å². The molecule has 1 saturated heterocycles. The Bertz CT molecular complexity index is 1090. The first-order valence-corrected chi connectivity index (χ1v) is 11.5. The minimum Gasteiger partial charge on any atom is -0.371 e. The van der Waals surface area contributed by atoms with Gasteiger partial charge in [0.05, 0.1) is 16.5 Å². The molecule has 1 aliphatic rings. The van der Waals surface area contributed by atoms with Gasteiger partial charge in [-0.1, -0.05) is 18.2 Å². The zero-order valence-corrected chi connectivity index (χ0v) is 18.4. The Labute approximate surface area is 191 Å². The smallest absolute Gasteiger partial charge is 0.261 e. The van der Waals surface area contributed by atoms with Crippen LogP contribution in [0.1, 0.15) is 44.0 Å². The maximum atomic E-state index is 12.6. The summed E-state index contributed by atoms with van der Waals surface area (Å²) in [6.45, 7) is 2.14. The van der Waals surface area contributed by atoms with E-state index in [0.29, 0.717) is 22.5 Å². The van der Waals surface area contributed by atoms with Gasteiger partial charge in [-0.2, -0.15) is 5.26 Å². The number of piperidine rings is 1. The van der Waals surface area contributed by atoms with Crippen LogP contribution in [0.25, 0.3) is 0 Å². The number of hydrogen-bond donors (Lipinski definition) is 2. The molecule has 2 amide bonds. The molecule has 7 heteroatoms. The Hall–Kier alpha value is -3.63. The van der Waals surface area contributed by atoms with Gasteiger partial charge < -0.3 is 15.5 Å². The second-order valence-corrected chi connectivity index (χ2v) is 8.70. The molecule has 2 heterocycles. The first kappa shape index (κ1) is 21.6. The molecule has 0 atom stereocenters. The molecule has 2 N–H and O–H groups in total. The predicted octanol–water partition coefficient (Wildman–Crippen LogP) is 3.95. The average Bonchev–Trinajstić information content (AvgIpc) is 3.39. The lowest BCUT2D eigenvalue weighted by Gasteiger charge is -2.34. The highest BCUT2D eigenvalue weighted by molar-refractivity contribution is 7.12. The fourth-order valence-electron chi connectivity index (χ4n) is 3.75. The maximum Gasteiger partial charge on any atom is 0.261 e. The highest BCUT2D eigenvalue weighted by Crippen LogP contribution is 2.21. The second kappa shape index (κ2) is 10.1. The standard InChI is InChI=1S/C25H24N4O2S/c26-16-18-5-9-22(10-6-18)29-13-11-21(12-14-29)28-24(30)20-7-3-19(4-8-20)17-27-25(31)23-2-1-15-32-23/h1-10,15,21H,11-14,17H2,(H,27,31)(H,28,30). The Morgan fingerprint density at radius 1 is 1.00 bits per heavy atom. The first-order valence-electron chi connectivity index (χ1n) is 10.6. The summed E-state index contributed by atoms with van der Waals surface area (Å²) in [7, 11) is 0. The van der Waals surface area contributed by atoms with Gasteiger partial charge in [-0.25, -0.2) is 0 Å². The van der Waals surface area contributed by atoms with Crippen molar-refractivity contribution in [1.29, 1.82) is 5.26 Å². The van der Waals surface area contributed by atoms with Gasteiger partial charge in [0.15, 0.2) is 0 Å². The van der Waals surface area contributed by atoms with Crippen LogP contribution in [-0.2, 0) is 6.54 Å². The van der Waals surface area contributed by atoms with E-state index in [4.69, 9.17) is 5.26 Å². The minimum atomic E-state index is -0.0887. The molecule has 1 aliphatic heterocycles. The van der Waals surface area contributed by atoms with E-state index in [9.17, 15) is 9.59 Å². The highest BCUT2D eigenvalue weighted by atomic mass is 32.1. The van der Waals surface area contributed by atoms with Crippen molar-refractivity contribution in [3.05, 3.63) is 87.6 Å². The number of amides is 2. The van der Waals surface area contributed by atoms with Gasteiger partial charge in [-0.3, -0.25) is 9.59 Å². The quantitative estimate of drug-likeness (QED) is 0.603. The van der Waals surface area contributed by atoms with Gasteiger partial charge >= 0.3 is 0 Å². The fourth-order valence-corrected chi connectivity index (χ4v) is 4.39. The van der Waals surface area contributed by atoms with E-state index in [1.165, 1.54) is 11.3 Å². The van der Waals surface area contributed by atoms with E-state index in [0.717, 1.165) is 37.2 Å². The topological polar surface area (TPSA) is 85.2 Å². The van der Waals surface area contributed by atoms with Crippen molar-refractivity contribution < 1.29 is 9.59 Å². The van der Waals surface area contributed by atoms with Gasteiger partial charge in [0.2, 0.25) is 0 Å². The molecule has 3 aromatic rings. The number of nitrogens with one attached hydrogen (secondary N) is 2. The summed E-state index contributed by atoms with van der Waals surface area (Å²) in [6.07, 6.45) is 1.75. The van der Waals surface area contributed by atoms with Gasteiger partial charge in [-0.15, -0.1) is 11.3 Å². The van der Waals surface area contributed by atoms with E-state index in [2.05, 4.69) is 21.6 Å². The summed E-state index contributed by atoms with van der Waals surface area (Å²) >= 11 is 1.41. The van der Waals surface area contributed by atoms with Gasteiger partial charge in [0, 0.05) is 36.9 Å². The number of nitriles is 1. The molecule has 0 bridgehead atoms. The predicted molar refractivity (Wildman–Crippen MR) is 126 cm³/mol. The molecular weight excluding hydrogens is 420 g/mol. The van der Waals surface area contributed by atoms with Gasteiger partial charge in [-0.05, 0) is 66.2 Å². The lowest BCUT2D eigenvalue weighted by atomic mass is 10.0. The number of thiophene rings is 1. The molecule has 2 aromatic carbocycles. The lowest BCUT2D eigenvalue weighted by molar-refractivity contribution is 0.0928. The summed E-state index contributed by atoms with van der Waals surface area (Å²) < 4.78 is 0. The van der Waals surface area contributed by atoms with Crippen molar-refractivity contribution in [3.8, 4) is 6.07 Å². The van der Waals surface area contributed by atoms with Crippen molar-refractivity contribution in [2.75, 3.05) is 18.0 Å². The molecule has 32 heavy (non-hydrogen) atoms. The van der Waals surface area contributed by atoms with E-state index in [-0.39, 0.29) is 17.9 Å². The number of hydrogen-bond acceptors (Lipinski definition) is 5. The van der Waals surface area contributed by atoms with Crippen molar-refractivity contribution in [2.24, 2.45) is 0 Å². The van der Waals surface area contributed by atoms with Crippen LogP contribution in [0.5, 0.6) is 0 Å². The molecule has 0 radical (unpaired) electrons. The van der Waals surface area contributed by atoms with Crippen LogP contribution < -0.4 is 15.5 Å². The number of rotatable bonds is 6. The number of carbonyl (C=O) groups is 2. The normalized spacial score (nSPS) is 13.9. The minimum absolute atomic E-state index is 0.0732. The van der Waals surface area contributed by atoms with Crippen molar-refractivity contribution in [1.82, 2.24) is 10.6 Å². The number of benzene rings is 2. The molecule has 162 valence electrons. The molecule has 0 spiro atoms. The zero-order valence-electron chi connectivity index (χ0n) is 17.6. The average molecular weight is 445 g/mol. The molecule has 0 saturated carbocycles. The third kappa shape index (κ3) is 5.34. The van der Waals surface area contributed by atoms with Crippen LogP contribution in [0.4, 0.5) is 5.69 Å². The largest absolute Gasteiger partial charge is 0.371 e. The van der Waals surface area contributed by atoms with E-state index >= 15 is 0 Å². The van der Waals surface area contributed by atoms with Crippen LogP contribution in [0.15, 0.2) is 66.0 Å². The summed E-state index contributed by atoms with van der Waals surface area (Å²) in [5, 5.41) is 16.8. The number of carbonyl (C=O) groups excluding carboxylic acids is 2. The number of nitrogens with zero attached hydrogens (tertiary/aromatic N) is 2. The highest BCUT2D eigenvalue weighted by Gasteiger charge is 2.21. The Kier molecular flexibility index (Phi) is 6.83. The van der Waals surface area contributed by atoms with Crippen LogP contribution >= 0.6 is 11.3 Å². The van der Waals surface area contributed by atoms with E-state index in [1.807, 2.05) is 47.8 Å².